The number of para-hydroxylation sites is 2. The van der Waals surface area contributed by atoms with Gasteiger partial charge in [-0.05, 0) is 82.3 Å². The van der Waals surface area contributed by atoms with Gasteiger partial charge in [0.1, 0.15) is 0 Å². The van der Waals surface area contributed by atoms with Crippen molar-refractivity contribution in [1.29, 1.82) is 0 Å². The molecule has 214 valence electrons. The van der Waals surface area contributed by atoms with Crippen LogP contribution in [0.1, 0.15) is 36.5 Å². The van der Waals surface area contributed by atoms with Crippen LogP contribution in [0.5, 0.6) is 0 Å². The Labute approximate surface area is 264 Å². The normalized spacial score (nSPS) is 12.0. The van der Waals surface area contributed by atoms with E-state index in [0.29, 0.717) is 6.42 Å². The molecule has 3 heteroatoms. The highest BCUT2D eigenvalue weighted by atomic mass is 32.2. The Bertz CT molecular complexity index is 1900. The second-order valence-electron chi connectivity index (χ2n) is 11.1. The van der Waals surface area contributed by atoms with Crippen molar-refractivity contribution in [3.63, 3.8) is 0 Å². The largest absolute Gasteiger partial charge is 0.308 e. The molecule has 7 rings (SSSR count). The summed E-state index contributed by atoms with van der Waals surface area (Å²) in [5, 5.41) is 0. The summed E-state index contributed by atoms with van der Waals surface area (Å²) in [7, 11) is 0. The fourth-order valence-corrected chi connectivity index (χ4v) is 7.09. The summed E-state index contributed by atoms with van der Waals surface area (Å²) in [5.74, 6) is 0.203. The molecule has 1 heterocycles. The molecule has 0 saturated heterocycles. The molecular weight excluding hydrogens is 555 g/mol. The van der Waals surface area contributed by atoms with Crippen molar-refractivity contribution < 1.29 is 4.79 Å². The van der Waals surface area contributed by atoms with Crippen molar-refractivity contribution in [3.8, 4) is 33.4 Å². The molecule has 0 spiro atoms. The highest BCUT2D eigenvalue weighted by Crippen LogP contribution is 2.52. The molecule has 1 aliphatic rings. The van der Waals surface area contributed by atoms with E-state index < -0.39 is 0 Å². The third-order valence-corrected chi connectivity index (χ3v) is 9.38. The van der Waals surface area contributed by atoms with Gasteiger partial charge in [-0.3, -0.25) is 4.79 Å². The SMILES string of the molecule is CCCCC(=O)c1ccc(-c2ccc(N3c4ccccc4Sc4ccccc43)cc2-c2ccccc2)c(-c2ccccc2)c1. The van der Waals surface area contributed by atoms with Crippen LogP contribution in [-0.4, -0.2) is 5.78 Å². The molecule has 1 aliphatic heterocycles. The predicted molar refractivity (Wildman–Crippen MR) is 185 cm³/mol. The number of nitrogens with zero attached hydrogens (tertiary/aromatic N) is 1. The molecular formula is C41H33NOS. The van der Waals surface area contributed by atoms with Gasteiger partial charge < -0.3 is 4.90 Å². The van der Waals surface area contributed by atoms with E-state index in [1.54, 1.807) is 0 Å². The molecule has 6 aromatic carbocycles. The van der Waals surface area contributed by atoms with Crippen molar-refractivity contribution in [2.45, 2.75) is 36.0 Å². The number of benzene rings is 6. The zero-order valence-corrected chi connectivity index (χ0v) is 25.6. The summed E-state index contributed by atoms with van der Waals surface area (Å²) in [6.07, 6.45) is 2.49. The molecule has 0 fully saturated rings. The van der Waals surface area contributed by atoms with E-state index in [1.165, 1.54) is 21.2 Å². The minimum absolute atomic E-state index is 0.203. The Morgan fingerprint density at radius 2 is 1.09 bits per heavy atom. The van der Waals surface area contributed by atoms with E-state index in [2.05, 4.69) is 145 Å². The minimum atomic E-state index is 0.203. The van der Waals surface area contributed by atoms with E-state index in [9.17, 15) is 4.79 Å². The van der Waals surface area contributed by atoms with Gasteiger partial charge in [0, 0.05) is 27.5 Å². The van der Waals surface area contributed by atoms with Crippen LogP contribution in [0.25, 0.3) is 33.4 Å². The van der Waals surface area contributed by atoms with Gasteiger partial charge in [-0.1, -0.05) is 128 Å². The van der Waals surface area contributed by atoms with Crippen molar-refractivity contribution in [3.05, 3.63) is 151 Å². The average Bonchev–Trinajstić information content (AvgIpc) is 3.10. The number of rotatable bonds is 8. The van der Waals surface area contributed by atoms with Crippen LogP contribution in [0.3, 0.4) is 0 Å². The van der Waals surface area contributed by atoms with Gasteiger partial charge >= 0.3 is 0 Å². The number of Topliss-reactive ketones (excluding diaryl/α,β-unsaturated/α-hetero) is 1. The van der Waals surface area contributed by atoms with Crippen LogP contribution in [0.2, 0.25) is 0 Å². The maximum Gasteiger partial charge on any atom is 0.162 e. The third kappa shape index (κ3) is 5.36. The van der Waals surface area contributed by atoms with Gasteiger partial charge in [-0.25, -0.2) is 0 Å². The topological polar surface area (TPSA) is 20.3 Å². The molecule has 0 saturated carbocycles. The summed E-state index contributed by atoms with van der Waals surface area (Å²) >= 11 is 1.82. The minimum Gasteiger partial charge on any atom is -0.308 e. The van der Waals surface area contributed by atoms with Gasteiger partial charge in [0.15, 0.2) is 5.78 Å². The van der Waals surface area contributed by atoms with E-state index in [0.717, 1.165) is 57.5 Å². The molecule has 0 amide bonds. The Kier molecular flexibility index (Phi) is 7.87. The molecule has 0 bridgehead atoms. The summed E-state index contributed by atoms with van der Waals surface area (Å²) in [4.78, 5) is 18.0. The quantitative estimate of drug-likeness (QED) is 0.165. The Hall–Kier alpha value is -4.86. The zero-order valence-electron chi connectivity index (χ0n) is 24.7. The second-order valence-corrected chi connectivity index (χ2v) is 12.2. The van der Waals surface area contributed by atoms with E-state index in [-0.39, 0.29) is 5.78 Å². The number of hydrogen-bond acceptors (Lipinski definition) is 3. The van der Waals surface area contributed by atoms with Crippen molar-refractivity contribution in [2.75, 3.05) is 4.90 Å². The van der Waals surface area contributed by atoms with Gasteiger partial charge in [-0.15, -0.1) is 0 Å². The van der Waals surface area contributed by atoms with Crippen LogP contribution in [-0.2, 0) is 0 Å². The Morgan fingerprint density at radius 1 is 0.568 bits per heavy atom. The van der Waals surface area contributed by atoms with Crippen LogP contribution in [0, 0.1) is 0 Å². The number of carbonyl (C=O) groups is 1. The fourth-order valence-electron chi connectivity index (χ4n) is 6.04. The number of hydrogen-bond donors (Lipinski definition) is 0. The first kappa shape index (κ1) is 27.9. The molecule has 6 aromatic rings. The highest BCUT2D eigenvalue weighted by molar-refractivity contribution is 7.99. The molecule has 0 radical (unpaired) electrons. The summed E-state index contributed by atoms with van der Waals surface area (Å²) < 4.78 is 0. The predicted octanol–water partition coefficient (Wildman–Crippen LogP) is 12.0. The van der Waals surface area contributed by atoms with Crippen LogP contribution in [0.15, 0.2) is 155 Å². The average molecular weight is 588 g/mol. The molecule has 44 heavy (non-hydrogen) atoms. The molecule has 0 unspecified atom stereocenters. The molecule has 0 N–H and O–H groups in total. The zero-order chi connectivity index (χ0) is 29.9. The van der Waals surface area contributed by atoms with E-state index in [1.807, 2.05) is 23.9 Å². The monoisotopic (exact) mass is 587 g/mol. The van der Waals surface area contributed by atoms with Crippen LogP contribution >= 0.6 is 11.8 Å². The van der Waals surface area contributed by atoms with Gasteiger partial charge in [0.05, 0.1) is 11.4 Å². The second kappa shape index (κ2) is 12.4. The lowest BCUT2D eigenvalue weighted by Gasteiger charge is -2.33. The fraction of sp³-hybridized carbons (Fsp3) is 0.0976. The third-order valence-electron chi connectivity index (χ3n) is 8.25. The summed E-state index contributed by atoms with van der Waals surface area (Å²) in [6, 6.07) is 51.4. The maximum atomic E-state index is 13.1. The molecule has 0 atom stereocenters. The summed E-state index contributed by atoms with van der Waals surface area (Å²) in [6.45, 7) is 2.13. The first-order chi connectivity index (χ1) is 21.7. The Morgan fingerprint density at radius 3 is 1.68 bits per heavy atom. The summed E-state index contributed by atoms with van der Waals surface area (Å²) in [5.41, 5.74) is 11.0. The van der Waals surface area contributed by atoms with Crippen LogP contribution in [0.4, 0.5) is 17.1 Å². The number of fused-ring (bicyclic) bond motifs is 2. The smallest absolute Gasteiger partial charge is 0.162 e. The lowest BCUT2D eigenvalue weighted by atomic mass is 9.87. The lowest BCUT2D eigenvalue weighted by Crippen LogP contribution is -2.14. The first-order valence-electron chi connectivity index (χ1n) is 15.3. The van der Waals surface area contributed by atoms with Crippen LogP contribution < -0.4 is 4.90 Å². The number of unbranched alkanes of at least 4 members (excludes halogenated alkanes) is 1. The molecule has 0 aromatic heterocycles. The number of anilines is 3. The van der Waals surface area contributed by atoms with E-state index >= 15 is 0 Å². The highest BCUT2D eigenvalue weighted by Gasteiger charge is 2.25. The van der Waals surface area contributed by atoms with Crippen molar-refractivity contribution >= 4 is 34.6 Å². The number of carbonyl (C=O) groups excluding carboxylic acids is 1. The van der Waals surface area contributed by atoms with Crippen molar-refractivity contribution in [2.24, 2.45) is 0 Å². The maximum absolute atomic E-state index is 13.1. The molecule has 0 aliphatic carbocycles. The van der Waals surface area contributed by atoms with Gasteiger partial charge in [0.2, 0.25) is 0 Å². The van der Waals surface area contributed by atoms with Crippen molar-refractivity contribution in [1.82, 2.24) is 0 Å². The van der Waals surface area contributed by atoms with Gasteiger partial charge in [-0.2, -0.15) is 0 Å². The van der Waals surface area contributed by atoms with Gasteiger partial charge in [0.25, 0.3) is 0 Å². The molecule has 2 nitrogen and oxygen atoms in total. The first-order valence-corrected chi connectivity index (χ1v) is 16.1. The standard InChI is InChI=1S/C41H33NOS/c1-2-3-20-39(43)31-23-25-33(35(27-31)29-14-6-4-7-15-29)34-26-24-32(28-36(34)30-16-8-5-9-17-30)42-37-18-10-12-21-40(37)44-41-22-13-11-19-38(41)42/h4-19,21-28H,2-3,20H2,1H3. The lowest BCUT2D eigenvalue weighted by molar-refractivity contribution is 0.0980. The Balaban J connectivity index is 1.43. The number of ketones is 1. The van der Waals surface area contributed by atoms with E-state index in [4.69, 9.17) is 0 Å².